The highest BCUT2D eigenvalue weighted by atomic mass is 16.7. The standard InChI is InChI=1S/C27H29N3O6/c1-4-34-27(3)20(15-21(36-27)29-16-17(2)24(31)28-25(29)32)30-22(18-11-7-5-8-12-18)23(35-26(30)33)19-13-9-6-10-14-19/h5-14,16,20-23H,4,15H2,1-3H3,(H,28,31,32)/t20-,21?,22-,23+,27-/m1/s1. The van der Waals surface area contributed by atoms with Crippen molar-refractivity contribution in [2.75, 3.05) is 6.61 Å². The van der Waals surface area contributed by atoms with Crippen LogP contribution in [0.15, 0.2) is 76.4 Å². The van der Waals surface area contributed by atoms with E-state index in [-0.39, 0.29) is 6.42 Å². The number of nitrogens with one attached hydrogen (secondary N) is 1. The fraction of sp³-hybridized carbons (Fsp3) is 0.370. The smallest absolute Gasteiger partial charge is 0.411 e. The van der Waals surface area contributed by atoms with Gasteiger partial charge < -0.3 is 14.2 Å². The van der Waals surface area contributed by atoms with E-state index in [1.807, 2.05) is 67.6 Å². The third kappa shape index (κ3) is 4.14. The van der Waals surface area contributed by atoms with Gasteiger partial charge in [0, 0.05) is 24.8 Å². The van der Waals surface area contributed by atoms with Crippen LogP contribution in [-0.4, -0.2) is 39.0 Å². The summed E-state index contributed by atoms with van der Waals surface area (Å²) in [5.41, 5.74) is 1.14. The first-order valence-electron chi connectivity index (χ1n) is 12.0. The Kier molecular flexibility index (Phi) is 6.27. The molecule has 36 heavy (non-hydrogen) atoms. The lowest BCUT2D eigenvalue weighted by molar-refractivity contribution is -0.242. The molecule has 1 amide bonds. The van der Waals surface area contributed by atoms with Gasteiger partial charge in [-0.2, -0.15) is 0 Å². The average molecular weight is 492 g/mol. The zero-order valence-electron chi connectivity index (χ0n) is 20.4. The summed E-state index contributed by atoms with van der Waals surface area (Å²) in [6.07, 6.45) is -0.0341. The van der Waals surface area contributed by atoms with Crippen LogP contribution in [0.4, 0.5) is 4.79 Å². The Hall–Kier alpha value is -3.69. The van der Waals surface area contributed by atoms with E-state index in [1.165, 1.54) is 10.8 Å². The number of rotatable bonds is 6. The molecule has 5 rings (SSSR count). The molecule has 0 spiro atoms. The molecule has 1 aromatic heterocycles. The van der Waals surface area contributed by atoms with Gasteiger partial charge in [-0.05, 0) is 31.9 Å². The largest absolute Gasteiger partial charge is 0.439 e. The molecule has 0 bridgehead atoms. The first-order chi connectivity index (χ1) is 17.3. The van der Waals surface area contributed by atoms with E-state index in [0.29, 0.717) is 12.2 Å². The average Bonchev–Trinajstić information content (AvgIpc) is 3.39. The van der Waals surface area contributed by atoms with Gasteiger partial charge in [0.05, 0.1) is 6.04 Å². The summed E-state index contributed by atoms with van der Waals surface area (Å²) in [4.78, 5) is 42.1. The monoisotopic (exact) mass is 491 g/mol. The molecule has 5 atom stereocenters. The van der Waals surface area contributed by atoms with E-state index in [2.05, 4.69) is 4.98 Å². The van der Waals surface area contributed by atoms with Crippen molar-refractivity contribution in [1.82, 2.24) is 14.5 Å². The summed E-state index contributed by atoms with van der Waals surface area (Å²) in [5, 5.41) is 0. The van der Waals surface area contributed by atoms with Crippen molar-refractivity contribution in [3.8, 4) is 0 Å². The number of hydrogen-bond acceptors (Lipinski definition) is 6. The Bertz CT molecular complexity index is 1360. The maximum Gasteiger partial charge on any atom is 0.411 e. The molecule has 1 unspecified atom stereocenters. The van der Waals surface area contributed by atoms with Crippen LogP contribution in [0.3, 0.4) is 0 Å². The van der Waals surface area contributed by atoms with Crippen LogP contribution in [0.25, 0.3) is 0 Å². The molecule has 1 N–H and O–H groups in total. The lowest BCUT2D eigenvalue weighted by atomic mass is 9.93. The van der Waals surface area contributed by atoms with E-state index in [4.69, 9.17) is 14.2 Å². The molecule has 2 aromatic carbocycles. The number of aromatic nitrogens is 2. The van der Waals surface area contributed by atoms with Crippen LogP contribution in [0.5, 0.6) is 0 Å². The summed E-state index contributed by atoms with van der Waals surface area (Å²) in [6.45, 7) is 5.58. The molecule has 0 radical (unpaired) electrons. The van der Waals surface area contributed by atoms with Gasteiger partial charge in [0.25, 0.3) is 5.56 Å². The van der Waals surface area contributed by atoms with Crippen LogP contribution >= 0.6 is 0 Å². The molecular weight excluding hydrogens is 462 g/mol. The highest BCUT2D eigenvalue weighted by Crippen LogP contribution is 2.50. The van der Waals surface area contributed by atoms with Gasteiger partial charge in [0.15, 0.2) is 11.9 Å². The number of carbonyl (C=O) groups is 1. The summed E-state index contributed by atoms with van der Waals surface area (Å²) < 4.78 is 19.7. The van der Waals surface area contributed by atoms with Crippen molar-refractivity contribution in [3.05, 3.63) is 104 Å². The molecule has 2 aliphatic rings. The number of nitrogens with zero attached hydrogens (tertiary/aromatic N) is 2. The number of amides is 1. The normalized spacial score (nSPS) is 27.9. The lowest BCUT2D eigenvalue weighted by Crippen LogP contribution is -2.51. The van der Waals surface area contributed by atoms with E-state index in [1.54, 1.807) is 18.7 Å². The fourth-order valence-electron chi connectivity index (χ4n) is 5.25. The summed E-state index contributed by atoms with van der Waals surface area (Å²) in [6, 6.07) is 18.3. The SMILES string of the molecule is CCO[C@]1(C)OC(n2cc(C)c(=O)[nH]c2=O)C[C@H]1N1C(=O)O[C@@H](c2ccccc2)[C@H]1c1ccccc1. The van der Waals surface area contributed by atoms with Gasteiger partial charge in [0.1, 0.15) is 12.3 Å². The minimum absolute atomic E-state index is 0.266. The zero-order chi connectivity index (χ0) is 25.4. The Labute approximate surface area is 208 Å². The van der Waals surface area contributed by atoms with E-state index < -0.39 is 47.5 Å². The van der Waals surface area contributed by atoms with Gasteiger partial charge >= 0.3 is 11.8 Å². The maximum atomic E-state index is 13.5. The Balaban J connectivity index is 1.59. The number of benzene rings is 2. The van der Waals surface area contributed by atoms with Gasteiger partial charge in [-0.3, -0.25) is 19.2 Å². The van der Waals surface area contributed by atoms with Gasteiger partial charge in [0.2, 0.25) is 0 Å². The van der Waals surface area contributed by atoms with E-state index >= 15 is 0 Å². The molecule has 188 valence electrons. The number of H-pyrrole nitrogens is 1. The van der Waals surface area contributed by atoms with Crippen molar-refractivity contribution in [3.63, 3.8) is 0 Å². The molecule has 3 aromatic rings. The van der Waals surface area contributed by atoms with Gasteiger partial charge in [-0.15, -0.1) is 0 Å². The minimum Gasteiger partial charge on any atom is -0.439 e. The predicted molar refractivity (Wildman–Crippen MR) is 131 cm³/mol. The minimum atomic E-state index is -1.22. The molecule has 3 heterocycles. The second-order valence-corrected chi connectivity index (χ2v) is 9.23. The number of ether oxygens (including phenoxy) is 3. The van der Waals surface area contributed by atoms with Gasteiger partial charge in [-0.1, -0.05) is 60.7 Å². The first kappa shape index (κ1) is 24.0. The van der Waals surface area contributed by atoms with Crippen LogP contribution in [0.2, 0.25) is 0 Å². The Morgan fingerprint density at radius 1 is 1.03 bits per heavy atom. The van der Waals surface area contributed by atoms with Gasteiger partial charge in [-0.25, -0.2) is 9.59 Å². The second kappa shape index (κ2) is 9.40. The number of aryl methyl sites for hydroxylation is 1. The maximum absolute atomic E-state index is 13.5. The third-order valence-corrected chi connectivity index (χ3v) is 6.92. The predicted octanol–water partition coefficient (Wildman–Crippen LogP) is 3.82. The highest BCUT2D eigenvalue weighted by Gasteiger charge is 2.57. The fourth-order valence-corrected chi connectivity index (χ4v) is 5.25. The van der Waals surface area contributed by atoms with Crippen molar-refractivity contribution >= 4 is 6.09 Å². The topological polar surface area (TPSA) is 103 Å². The molecule has 9 heteroatoms. The summed E-state index contributed by atoms with van der Waals surface area (Å²) >= 11 is 0. The zero-order valence-corrected chi connectivity index (χ0v) is 20.4. The van der Waals surface area contributed by atoms with Crippen molar-refractivity contribution in [1.29, 1.82) is 0 Å². The van der Waals surface area contributed by atoms with Crippen LogP contribution in [0, 0.1) is 6.92 Å². The number of hydrogen-bond donors (Lipinski definition) is 1. The molecule has 2 saturated heterocycles. The first-order valence-corrected chi connectivity index (χ1v) is 12.0. The molecular formula is C27H29N3O6. The highest BCUT2D eigenvalue weighted by molar-refractivity contribution is 5.72. The number of aromatic amines is 1. The third-order valence-electron chi connectivity index (χ3n) is 6.92. The summed E-state index contributed by atoms with van der Waals surface area (Å²) in [7, 11) is 0. The number of carbonyl (C=O) groups excluding carboxylic acids is 1. The number of cyclic esters (lactones) is 1. The van der Waals surface area contributed by atoms with Crippen molar-refractivity contribution in [2.24, 2.45) is 0 Å². The van der Waals surface area contributed by atoms with E-state index in [9.17, 15) is 14.4 Å². The molecule has 2 aliphatic heterocycles. The molecule has 0 saturated carbocycles. The quantitative estimate of drug-likeness (QED) is 0.562. The molecule has 0 aliphatic carbocycles. The van der Waals surface area contributed by atoms with Crippen LogP contribution < -0.4 is 11.2 Å². The van der Waals surface area contributed by atoms with Crippen LogP contribution in [-0.2, 0) is 14.2 Å². The second-order valence-electron chi connectivity index (χ2n) is 9.23. The lowest BCUT2D eigenvalue weighted by Gasteiger charge is -2.37. The Morgan fingerprint density at radius 2 is 1.67 bits per heavy atom. The van der Waals surface area contributed by atoms with Crippen molar-refractivity contribution < 1.29 is 19.0 Å². The van der Waals surface area contributed by atoms with Crippen LogP contribution in [0.1, 0.15) is 55.3 Å². The summed E-state index contributed by atoms with van der Waals surface area (Å²) in [5.74, 6) is -1.22. The molecule has 9 nitrogen and oxygen atoms in total. The van der Waals surface area contributed by atoms with Crippen molar-refractivity contribution in [2.45, 2.75) is 57.4 Å². The van der Waals surface area contributed by atoms with E-state index in [0.717, 1.165) is 11.1 Å². The Morgan fingerprint density at radius 3 is 2.31 bits per heavy atom. The molecule has 2 fully saturated rings.